The molecule has 0 unspecified atom stereocenters. The van der Waals surface area contributed by atoms with Gasteiger partial charge in [-0.15, -0.1) is 0 Å². The summed E-state index contributed by atoms with van der Waals surface area (Å²) in [5.74, 6) is -1.01. The van der Waals surface area contributed by atoms with Gasteiger partial charge in [-0.05, 0) is 36.4 Å². The van der Waals surface area contributed by atoms with E-state index < -0.39 is 11.6 Å². The van der Waals surface area contributed by atoms with E-state index in [0.717, 1.165) is 18.2 Å². The van der Waals surface area contributed by atoms with Crippen molar-refractivity contribution in [2.75, 3.05) is 5.32 Å². The first-order valence-electron chi connectivity index (χ1n) is 5.47. The standard InChI is InChI=1S/C14H9ClF2N2/c15-11-2-1-9(7-18)14(6-11)19-8-10-5-12(16)3-4-13(10)17/h1-6,19H,8H2. The molecule has 2 rings (SSSR count). The molecule has 0 atom stereocenters. The monoisotopic (exact) mass is 278 g/mol. The average molecular weight is 279 g/mol. The van der Waals surface area contributed by atoms with Gasteiger partial charge in [0.15, 0.2) is 0 Å². The lowest BCUT2D eigenvalue weighted by Crippen LogP contribution is -2.03. The van der Waals surface area contributed by atoms with Crippen LogP contribution in [0.2, 0.25) is 5.02 Å². The van der Waals surface area contributed by atoms with Crippen molar-refractivity contribution in [3.63, 3.8) is 0 Å². The Kier molecular flexibility index (Phi) is 3.98. The van der Waals surface area contributed by atoms with Crippen LogP contribution < -0.4 is 5.32 Å². The number of hydrogen-bond acceptors (Lipinski definition) is 2. The van der Waals surface area contributed by atoms with Crippen molar-refractivity contribution in [3.8, 4) is 6.07 Å². The second-order valence-corrected chi connectivity index (χ2v) is 4.33. The van der Waals surface area contributed by atoms with Gasteiger partial charge < -0.3 is 5.32 Å². The quantitative estimate of drug-likeness (QED) is 0.917. The second kappa shape index (κ2) is 5.68. The molecule has 2 aromatic carbocycles. The minimum absolute atomic E-state index is 0.0681. The zero-order chi connectivity index (χ0) is 13.8. The Morgan fingerprint density at radius 3 is 2.68 bits per heavy atom. The van der Waals surface area contributed by atoms with Crippen molar-refractivity contribution in [2.24, 2.45) is 0 Å². The second-order valence-electron chi connectivity index (χ2n) is 3.89. The lowest BCUT2D eigenvalue weighted by atomic mass is 10.1. The van der Waals surface area contributed by atoms with Crippen LogP contribution in [0.4, 0.5) is 14.5 Å². The fourth-order valence-electron chi connectivity index (χ4n) is 1.63. The summed E-state index contributed by atoms with van der Waals surface area (Å²) in [5.41, 5.74) is 1.06. The zero-order valence-electron chi connectivity index (χ0n) is 9.75. The molecule has 0 spiro atoms. The smallest absolute Gasteiger partial charge is 0.128 e. The Bertz CT molecular complexity index is 650. The number of halogens is 3. The number of nitriles is 1. The summed E-state index contributed by atoms with van der Waals surface area (Å²) in [6.07, 6.45) is 0. The van der Waals surface area contributed by atoms with Crippen LogP contribution in [0.15, 0.2) is 36.4 Å². The van der Waals surface area contributed by atoms with Crippen LogP contribution in [0.1, 0.15) is 11.1 Å². The summed E-state index contributed by atoms with van der Waals surface area (Å²) < 4.78 is 26.5. The van der Waals surface area contributed by atoms with E-state index in [1.807, 2.05) is 6.07 Å². The summed E-state index contributed by atoms with van der Waals surface area (Å²) in [4.78, 5) is 0. The Hall–Kier alpha value is -2.12. The molecule has 0 aromatic heterocycles. The van der Waals surface area contributed by atoms with Gasteiger partial charge >= 0.3 is 0 Å². The number of benzene rings is 2. The van der Waals surface area contributed by atoms with E-state index in [0.29, 0.717) is 16.3 Å². The number of hydrogen-bond donors (Lipinski definition) is 1. The van der Waals surface area contributed by atoms with Crippen LogP contribution in [-0.4, -0.2) is 0 Å². The predicted octanol–water partition coefficient (Wildman–Crippen LogP) is 4.10. The molecule has 19 heavy (non-hydrogen) atoms. The van der Waals surface area contributed by atoms with E-state index in [1.165, 1.54) is 0 Å². The van der Waals surface area contributed by atoms with E-state index in [9.17, 15) is 8.78 Å². The maximum atomic E-state index is 13.4. The summed E-state index contributed by atoms with van der Waals surface area (Å²) in [7, 11) is 0. The number of rotatable bonds is 3. The van der Waals surface area contributed by atoms with Gasteiger partial charge in [-0.25, -0.2) is 8.78 Å². The summed E-state index contributed by atoms with van der Waals surface area (Å²) in [6, 6.07) is 9.95. The van der Waals surface area contributed by atoms with Gasteiger partial charge in [0.2, 0.25) is 0 Å². The lowest BCUT2D eigenvalue weighted by molar-refractivity contribution is 0.587. The number of nitrogens with one attached hydrogen (secondary N) is 1. The van der Waals surface area contributed by atoms with Gasteiger partial charge in [0.1, 0.15) is 17.7 Å². The summed E-state index contributed by atoms with van der Waals surface area (Å²) >= 11 is 5.83. The molecule has 0 aliphatic heterocycles. The molecule has 0 amide bonds. The summed E-state index contributed by atoms with van der Waals surface area (Å²) in [6.45, 7) is 0.0681. The van der Waals surface area contributed by atoms with Crippen molar-refractivity contribution in [1.82, 2.24) is 0 Å². The van der Waals surface area contributed by atoms with E-state index in [-0.39, 0.29) is 12.1 Å². The fraction of sp³-hybridized carbons (Fsp3) is 0.0714. The fourth-order valence-corrected chi connectivity index (χ4v) is 1.80. The molecule has 0 saturated carbocycles. The predicted molar refractivity (Wildman–Crippen MR) is 69.9 cm³/mol. The van der Waals surface area contributed by atoms with Crippen molar-refractivity contribution in [3.05, 3.63) is 64.2 Å². The number of anilines is 1. The molecular weight excluding hydrogens is 270 g/mol. The van der Waals surface area contributed by atoms with Crippen LogP contribution in [0.25, 0.3) is 0 Å². The highest BCUT2D eigenvalue weighted by molar-refractivity contribution is 6.30. The number of nitrogens with zero attached hydrogens (tertiary/aromatic N) is 1. The van der Waals surface area contributed by atoms with E-state index in [4.69, 9.17) is 16.9 Å². The molecule has 2 aromatic rings. The van der Waals surface area contributed by atoms with E-state index in [2.05, 4.69) is 5.32 Å². The van der Waals surface area contributed by atoms with Crippen LogP contribution in [0.3, 0.4) is 0 Å². The molecule has 96 valence electrons. The lowest BCUT2D eigenvalue weighted by Gasteiger charge is -2.09. The zero-order valence-corrected chi connectivity index (χ0v) is 10.5. The minimum atomic E-state index is -0.509. The van der Waals surface area contributed by atoms with Crippen molar-refractivity contribution in [1.29, 1.82) is 5.26 Å². The molecule has 0 fully saturated rings. The highest BCUT2D eigenvalue weighted by Crippen LogP contribution is 2.21. The first-order valence-corrected chi connectivity index (χ1v) is 5.85. The Balaban J connectivity index is 2.21. The van der Waals surface area contributed by atoms with Gasteiger partial charge in [0.25, 0.3) is 0 Å². The van der Waals surface area contributed by atoms with Crippen molar-refractivity contribution < 1.29 is 8.78 Å². The van der Waals surface area contributed by atoms with Crippen molar-refractivity contribution >= 4 is 17.3 Å². The van der Waals surface area contributed by atoms with Gasteiger partial charge in [-0.3, -0.25) is 0 Å². The third-order valence-corrected chi connectivity index (χ3v) is 2.81. The molecule has 0 radical (unpaired) electrons. The molecule has 0 aliphatic carbocycles. The van der Waals surface area contributed by atoms with Gasteiger partial charge in [-0.2, -0.15) is 5.26 Å². The van der Waals surface area contributed by atoms with Crippen molar-refractivity contribution in [2.45, 2.75) is 6.54 Å². The van der Waals surface area contributed by atoms with Gasteiger partial charge in [-0.1, -0.05) is 11.6 Å². The first-order chi connectivity index (χ1) is 9.10. The Labute approximate surface area is 114 Å². The topological polar surface area (TPSA) is 35.8 Å². The molecule has 0 heterocycles. The van der Waals surface area contributed by atoms with Gasteiger partial charge in [0, 0.05) is 17.1 Å². The largest absolute Gasteiger partial charge is 0.380 e. The van der Waals surface area contributed by atoms with Crippen LogP contribution in [0, 0.1) is 23.0 Å². The van der Waals surface area contributed by atoms with Gasteiger partial charge in [0.05, 0.1) is 11.3 Å². The Morgan fingerprint density at radius 1 is 1.16 bits per heavy atom. The van der Waals surface area contributed by atoms with Crippen LogP contribution >= 0.6 is 11.6 Å². The Morgan fingerprint density at radius 2 is 1.95 bits per heavy atom. The third-order valence-electron chi connectivity index (χ3n) is 2.58. The molecule has 0 aliphatic rings. The highest BCUT2D eigenvalue weighted by atomic mass is 35.5. The third kappa shape index (κ3) is 3.21. The normalized spacial score (nSPS) is 10.0. The minimum Gasteiger partial charge on any atom is -0.380 e. The SMILES string of the molecule is N#Cc1ccc(Cl)cc1NCc1cc(F)ccc1F. The highest BCUT2D eigenvalue weighted by Gasteiger charge is 2.06. The first kappa shape index (κ1) is 13.3. The summed E-state index contributed by atoms with van der Waals surface area (Å²) in [5, 5.41) is 12.3. The van der Waals surface area contributed by atoms with Crippen LogP contribution in [-0.2, 0) is 6.54 Å². The maximum Gasteiger partial charge on any atom is 0.128 e. The molecular formula is C14H9ClF2N2. The maximum absolute atomic E-state index is 13.4. The van der Waals surface area contributed by atoms with E-state index in [1.54, 1.807) is 18.2 Å². The molecule has 2 nitrogen and oxygen atoms in total. The molecule has 0 saturated heterocycles. The molecule has 0 bridgehead atoms. The van der Waals surface area contributed by atoms with E-state index >= 15 is 0 Å². The van der Waals surface area contributed by atoms with Crippen LogP contribution in [0.5, 0.6) is 0 Å². The molecule has 1 N–H and O–H groups in total. The average Bonchev–Trinajstić information content (AvgIpc) is 2.40. The molecule has 5 heteroatoms.